The monoisotopic (exact) mass is 308 g/mol. The maximum atomic E-state index is 13.4. The Labute approximate surface area is 123 Å². The molecule has 0 unspecified atom stereocenters. The van der Waals surface area contributed by atoms with Gasteiger partial charge in [0.15, 0.2) is 0 Å². The molecule has 1 saturated heterocycles. The van der Waals surface area contributed by atoms with Crippen LogP contribution in [0.5, 0.6) is 0 Å². The molecule has 0 bridgehead atoms. The molecule has 1 aliphatic heterocycles. The fourth-order valence-corrected chi connectivity index (χ4v) is 2.61. The van der Waals surface area contributed by atoms with Crippen molar-refractivity contribution in [3.63, 3.8) is 0 Å². The van der Waals surface area contributed by atoms with E-state index in [1.807, 2.05) is 11.8 Å². The van der Waals surface area contributed by atoms with Gasteiger partial charge in [0, 0.05) is 38.6 Å². The van der Waals surface area contributed by atoms with Crippen molar-refractivity contribution < 1.29 is 13.2 Å². The van der Waals surface area contributed by atoms with Crippen LogP contribution in [0.1, 0.15) is 23.6 Å². The number of aryl methyl sites for hydroxylation is 1. The Balaban J connectivity index is 0.00000200. The summed E-state index contributed by atoms with van der Waals surface area (Å²) < 4.78 is 39.0. The highest BCUT2D eigenvalue weighted by atomic mass is 35.5. The summed E-state index contributed by atoms with van der Waals surface area (Å²) in [7, 11) is 0. The lowest BCUT2D eigenvalue weighted by Crippen LogP contribution is -2.45. The Morgan fingerprint density at radius 2 is 1.90 bits per heavy atom. The summed E-state index contributed by atoms with van der Waals surface area (Å²) in [6, 6.07) is 4.02. The Hall–Kier alpha value is -0.780. The van der Waals surface area contributed by atoms with Gasteiger partial charge in [0.2, 0.25) is 6.43 Å². The SMILES string of the molecule is Cc1ccc(F)cc1[C@@H](CC(F)F)N1CCNCC1.Cl. The van der Waals surface area contributed by atoms with E-state index in [0.29, 0.717) is 18.7 Å². The highest BCUT2D eigenvalue weighted by Crippen LogP contribution is 2.30. The number of piperazine rings is 1. The van der Waals surface area contributed by atoms with Crippen molar-refractivity contribution in [2.45, 2.75) is 25.8 Å². The van der Waals surface area contributed by atoms with Crippen LogP contribution >= 0.6 is 12.4 Å². The van der Waals surface area contributed by atoms with Crippen molar-refractivity contribution in [3.8, 4) is 0 Å². The van der Waals surface area contributed by atoms with Gasteiger partial charge in [-0.3, -0.25) is 4.90 Å². The van der Waals surface area contributed by atoms with Gasteiger partial charge >= 0.3 is 0 Å². The third kappa shape index (κ3) is 4.36. The first-order chi connectivity index (χ1) is 9.08. The molecule has 2 rings (SSSR count). The summed E-state index contributed by atoms with van der Waals surface area (Å²) >= 11 is 0. The van der Waals surface area contributed by atoms with E-state index in [1.54, 1.807) is 6.07 Å². The maximum Gasteiger partial charge on any atom is 0.240 e. The van der Waals surface area contributed by atoms with E-state index in [0.717, 1.165) is 18.7 Å². The Morgan fingerprint density at radius 3 is 2.50 bits per heavy atom. The first-order valence-corrected chi connectivity index (χ1v) is 6.57. The summed E-state index contributed by atoms with van der Waals surface area (Å²) in [5.41, 5.74) is 1.55. The molecule has 0 saturated carbocycles. The van der Waals surface area contributed by atoms with Crippen molar-refractivity contribution in [2.75, 3.05) is 26.2 Å². The Kier molecular flexibility index (Phi) is 6.79. The molecule has 1 atom stereocenters. The molecular weight excluding hydrogens is 289 g/mol. The second-order valence-electron chi connectivity index (χ2n) is 4.93. The van der Waals surface area contributed by atoms with E-state index >= 15 is 0 Å². The molecule has 1 aromatic rings. The van der Waals surface area contributed by atoms with Gasteiger partial charge in [-0.15, -0.1) is 12.4 Å². The number of nitrogens with zero attached hydrogens (tertiary/aromatic N) is 1. The fraction of sp³-hybridized carbons (Fsp3) is 0.571. The predicted molar refractivity (Wildman–Crippen MR) is 76.2 cm³/mol. The van der Waals surface area contributed by atoms with Gasteiger partial charge in [-0.2, -0.15) is 0 Å². The van der Waals surface area contributed by atoms with Crippen LogP contribution in [0.2, 0.25) is 0 Å². The average Bonchev–Trinajstić information content (AvgIpc) is 2.40. The number of hydrogen-bond donors (Lipinski definition) is 1. The summed E-state index contributed by atoms with van der Waals surface area (Å²) in [5.74, 6) is -0.366. The lowest BCUT2D eigenvalue weighted by molar-refractivity contribution is 0.0735. The highest BCUT2D eigenvalue weighted by Gasteiger charge is 2.26. The summed E-state index contributed by atoms with van der Waals surface area (Å²) in [6.45, 7) is 4.85. The molecule has 6 heteroatoms. The zero-order valence-corrected chi connectivity index (χ0v) is 12.2. The van der Waals surface area contributed by atoms with E-state index in [1.165, 1.54) is 12.1 Å². The van der Waals surface area contributed by atoms with Crippen LogP contribution in [0.15, 0.2) is 18.2 Å². The van der Waals surface area contributed by atoms with E-state index in [9.17, 15) is 13.2 Å². The summed E-state index contributed by atoms with van der Waals surface area (Å²) in [4.78, 5) is 2.02. The van der Waals surface area contributed by atoms with Crippen LogP contribution in [0, 0.1) is 12.7 Å². The molecule has 0 radical (unpaired) electrons. The van der Waals surface area contributed by atoms with Crippen molar-refractivity contribution in [1.29, 1.82) is 0 Å². The standard InChI is InChI=1S/C14H19F3N2.ClH/c1-10-2-3-11(15)8-12(10)13(9-14(16)17)19-6-4-18-5-7-19;/h2-3,8,13-14,18H,4-7,9H2,1H3;1H/t13-;/m1./s1. The molecule has 20 heavy (non-hydrogen) atoms. The van der Waals surface area contributed by atoms with Gasteiger partial charge in [-0.05, 0) is 30.2 Å². The van der Waals surface area contributed by atoms with Crippen molar-refractivity contribution in [3.05, 3.63) is 35.1 Å². The highest BCUT2D eigenvalue weighted by molar-refractivity contribution is 5.85. The number of rotatable bonds is 4. The third-order valence-electron chi connectivity index (χ3n) is 3.59. The zero-order chi connectivity index (χ0) is 13.8. The minimum atomic E-state index is -2.39. The third-order valence-corrected chi connectivity index (χ3v) is 3.59. The molecule has 0 spiro atoms. The van der Waals surface area contributed by atoms with E-state index in [4.69, 9.17) is 0 Å². The van der Waals surface area contributed by atoms with Gasteiger partial charge in [0.05, 0.1) is 0 Å². The molecule has 0 amide bonds. The molecule has 1 aromatic carbocycles. The van der Waals surface area contributed by atoms with Crippen LogP contribution in [0.4, 0.5) is 13.2 Å². The van der Waals surface area contributed by atoms with Crippen LogP contribution in [-0.4, -0.2) is 37.5 Å². The molecule has 2 nitrogen and oxygen atoms in total. The summed E-state index contributed by atoms with van der Waals surface area (Å²) in [6.07, 6.45) is -2.63. The number of nitrogens with one attached hydrogen (secondary N) is 1. The van der Waals surface area contributed by atoms with Gasteiger partial charge in [-0.1, -0.05) is 6.07 Å². The molecule has 0 aliphatic carbocycles. The van der Waals surface area contributed by atoms with E-state index < -0.39 is 12.5 Å². The van der Waals surface area contributed by atoms with Crippen molar-refractivity contribution in [1.82, 2.24) is 10.2 Å². The quantitative estimate of drug-likeness (QED) is 0.919. The first kappa shape index (κ1) is 17.3. The largest absolute Gasteiger partial charge is 0.314 e. The van der Waals surface area contributed by atoms with Gasteiger partial charge in [-0.25, -0.2) is 13.2 Å². The molecule has 1 aliphatic rings. The Bertz CT molecular complexity index is 423. The van der Waals surface area contributed by atoms with Crippen molar-refractivity contribution >= 4 is 12.4 Å². The smallest absolute Gasteiger partial charge is 0.240 e. The first-order valence-electron chi connectivity index (χ1n) is 6.57. The van der Waals surface area contributed by atoms with Crippen LogP contribution < -0.4 is 5.32 Å². The molecule has 1 N–H and O–H groups in total. The van der Waals surface area contributed by atoms with Crippen LogP contribution in [0.25, 0.3) is 0 Å². The van der Waals surface area contributed by atoms with Gasteiger partial charge in [0.1, 0.15) is 5.82 Å². The van der Waals surface area contributed by atoms with Crippen LogP contribution in [0.3, 0.4) is 0 Å². The normalized spacial score (nSPS) is 17.9. The second-order valence-corrected chi connectivity index (χ2v) is 4.93. The zero-order valence-electron chi connectivity index (χ0n) is 11.4. The lowest BCUT2D eigenvalue weighted by atomic mass is 9.96. The van der Waals surface area contributed by atoms with E-state index in [2.05, 4.69) is 5.32 Å². The predicted octanol–water partition coefficient (Wildman–Crippen LogP) is 3.16. The molecule has 1 heterocycles. The average molecular weight is 309 g/mol. The lowest BCUT2D eigenvalue weighted by Gasteiger charge is -2.35. The van der Waals surface area contributed by atoms with Gasteiger partial charge in [0.25, 0.3) is 0 Å². The maximum absolute atomic E-state index is 13.4. The van der Waals surface area contributed by atoms with Gasteiger partial charge < -0.3 is 5.32 Å². The van der Waals surface area contributed by atoms with Crippen LogP contribution in [-0.2, 0) is 0 Å². The minimum Gasteiger partial charge on any atom is -0.314 e. The van der Waals surface area contributed by atoms with E-state index in [-0.39, 0.29) is 24.6 Å². The minimum absolute atomic E-state index is 0. The topological polar surface area (TPSA) is 15.3 Å². The van der Waals surface area contributed by atoms with Crippen molar-refractivity contribution in [2.24, 2.45) is 0 Å². The molecular formula is C14H20ClF3N2. The number of halogens is 4. The Morgan fingerprint density at radius 1 is 1.25 bits per heavy atom. The second kappa shape index (κ2) is 7.86. The molecule has 0 aromatic heterocycles. The summed E-state index contributed by atoms with van der Waals surface area (Å²) in [5, 5.41) is 3.20. The fourth-order valence-electron chi connectivity index (χ4n) is 2.61. The number of alkyl halides is 2. The molecule has 1 fully saturated rings. The number of benzene rings is 1. The molecule has 114 valence electrons. The number of hydrogen-bond acceptors (Lipinski definition) is 2.